The number of carbonyl (C=O) groups is 1. The fourth-order valence-electron chi connectivity index (χ4n) is 1.55. The Kier molecular flexibility index (Phi) is 8.16. The lowest BCUT2D eigenvalue weighted by atomic mass is 10.1. The number of hydrogen-bond acceptors (Lipinski definition) is 2. The van der Waals surface area contributed by atoms with Gasteiger partial charge in [-0.15, -0.1) is 5.54 Å². The SMILES string of the molecule is CC(C)(C)[Si](C)(C)O[C@H](C#C[Si](C)(C)C)CCCCC=O. The summed E-state index contributed by atoms with van der Waals surface area (Å²) in [6.07, 6.45) is 4.57. The Balaban J connectivity index is 4.87. The third-order valence-electron chi connectivity index (χ3n) is 3.89. The average Bonchev–Trinajstić information content (AvgIpc) is 2.28. The van der Waals surface area contributed by atoms with Crippen LogP contribution in [0.25, 0.3) is 0 Å². The number of carbonyl (C=O) groups excluding carboxylic acids is 1. The van der Waals surface area contributed by atoms with E-state index in [0.29, 0.717) is 6.42 Å². The van der Waals surface area contributed by atoms with Gasteiger partial charge >= 0.3 is 0 Å². The van der Waals surface area contributed by atoms with E-state index in [1.165, 1.54) is 0 Å². The van der Waals surface area contributed by atoms with Crippen LogP contribution in [-0.4, -0.2) is 28.8 Å². The van der Waals surface area contributed by atoms with Crippen molar-refractivity contribution in [2.24, 2.45) is 0 Å². The topological polar surface area (TPSA) is 26.3 Å². The second-order valence-electron chi connectivity index (χ2n) is 8.34. The van der Waals surface area contributed by atoms with Crippen LogP contribution in [-0.2, 0) is 9.22 Å². The molecule has 0 radical (unpaired) electrons. The minimum atomic E-state index is -1.79. The Bertz CT molecular complexity index is 378. The van der Waals surface area contributed by atoms with Crippen molar-refractivity contribution in [1.82, 2.24) is 0 Å². The maximum atomic E-state index is 10.4. The molecule has 0 N–H and O–H groups in total. The molecule has 0 bridgehead atoms. The van der Waals surface area contributed by atoms with Gasteiger partial charge in [0.05, 0.1) is 0 Å². The van der Waals surface area contributed by atoms with E-state index in [1.54, 1.807) is 0 Å². The predicted octanol–water partition coefficient (Wildman–Crippen LogP) is 5.02. The molecule has 0 unspecified atom stereocenters. The molecule has 0 amide bonds. The number of rotatable bonds is 7. The van der Waals surface area contributed by atoms with Gasteiger partial charge in [-0.3, -0.25) is 0 Å². The van der Waals surface area contributed by atoms with E-state index in [0.717, 1.165) is 25.5 Å². The van der Waals surface area contributed by atoms with Crippen LogP contribution in [0.3, 0.4) is 0 Å². The van der Waals surface area contributed by atoms with Crippen LogP contribution in [0.1, 0.15) is 46.5 Å². The molecule has 0 fully saturated rings. The molecule has 0 saturated carbocycles. The highest BCUT2D eigenvalue weighted by atomic mass is 28.4. The Morgan fingerprint density at radius 3 is 2.10 bits per heavy atom. The molecule has 0 heterocycles. The molecule has 21 heavy (non-hydrogen) atoms. The van der Waals surface area contributed by atoms with Crippen molar-refractivity contribution < 1.29 is 9.22 Å². The van der Waals surface area contributed by atoms with Gasteiger partial charge < -0.3 is 9.22 Å². The van der Waals surface area contributed by atoms with Crippen LogP contribution < -0.4 is 0 Å². The van der Waals surface area contributed by atoms with Crippen molar-refractivity contribution in [2.45, 2.75) is 90.3 Å². The molecule has 0 aromatic heterocycles. The van der Waals surface area contributed by atoms with Gasteiger partial charge in [-0.1, -0.05) is 46.3 Å². The minimum absolute atomic E-state index is 0.0317. The predicted molar refractivity (Wildman–Crippen MR) is 97.7 cm³/mol. The molecule has 0 aromatic rings. The summed E-state index contributed by atoms with van der Waals surface area (Å²) in [5.74, 6) is 3.40. The Morgan fingerprint density at radius 2 is 1.67 bits per heavy atom. The second kappa shape index (κ2) is 8.31. The summed E-state index contributed by atoms with van der Waals surface area (Å²) in [5, 5.41) is 0.203. The second-order valence-corrected chi connectivity index (χ2v) is 17.8. The molecule has 0 saturated heterocycles. The fraction of sp³-hybridized carbons (Fsp3) is 0.824. The molecule has 0 aliphatic rings. The monoisotopic (exact) mass is 326 g/mol. The highest BCUT2D eigenvalue weighted by Gasteiger charge is 2.38. The van der Waals surface area contributed by atoms with Gasteiger partial charge in [-0.2, -0.15) is 0 Å². The van der Waals surface area contributed by atoms with E-state index in [-0.39, 0.29) is 11.1 Å². The molecule has 0 aliphatic carbocycles. The van der Waals surface area contributed by atoms with Crippen molar-refractivity contribution in [3.8, 4) is 11.5 Å². The molecule has 122 valence electrons. The van der Waals surface area contributed by atoms with Crippen LogP contribution in [0, 0.1) is 11.5 Å². The van der Waals surface area contributed by atoms with Crippen LogP contribution in [0.15, 0.2) is 0 Å². The van der Waals surface area contributed by atoms with Crippen molar-refractivity contribution in [2.75, 3.05) is 0 Å². The molecule has 0 rings (SSSR count). The zero-order valence-corrected chi connectivity index (χ0v) is 17.3. The van der Waals surface area contributed by atoms with Crippen molar-refractivity contribution in [1.29, 1.82) is 0 Å². The van der Waals surface area contributed by atoms with E-state index in [9.17, 15) is 4.79 Å². The van der Waals surface area contributed by atoms with E-state index >= 15 is 0 Å². The molecule has 0 spiro atoms. The Morgan fingerprint density at radius 1 is 1.10 bits per heavy atom. The number of hydrogen-bond donors (Lipinski definition) is 0. The first-order valence-corrected chi connectivity index (χ1v) is 14.4. The normalized spacial score (nSPS) is 14.3. The van der Waals surface area contributed by atoms with Crippen molar-refractivity contribution >= 4 is 22.7 Å². The summed E-state index contributed by atoms with van der Waals surface area (Å²) in [5.41, 5.74) is 3.45. The smallest absolute Gasteiger partial charge is 0.193 e. The first kappa shape index (κ1) is 20.6. The highest BCUT2D eigenvalue weighted by Crippen LogP contribution is 2.37. The molecule has 2 nitrogen and oxygen atoms in total. The van der Waals surface area contributed by atoms with E-state index < -0.39 is 16.4 Å². The lowest BCUT2D eigenvalue weighted by Crippen LogP contribution is -2.43. The zero-order chi connectivity index (χ0) is 16.7. The van der Waals surface area contributed by atoms with Crippen LogP contribution in [0.2, 0.25) is 37.8 Å². The molecular formula is C17H34O2Si2. The van der Waals surface area contributed by atoms with Gasteiger partial charge in [0.25, 0.3) is 0 Å². The quantitative estimate of drug-likeness (QED) is 0.284. The molecule has 0 aliphatic heterocycles. The fourth-order valence-corrected chi connectivity index (χ4v) is 3.38. The Hall–Kier alpha value is -0.376. The third kappa shape index (κ3) is 9.28. The summed E-state index contributed by atoms with van der Waals surface area (Å²) < 4.78 is 6.48. The third-order valence-corrected chi connectivity index (χ3v) is 9.27. The number of unbranched alkanes of at least 4 members (excludes halogenated alkanes) is 2. The van der Waals surface area contributed by atoms with E-state index in [4.69, 9.17) is 4.43 Å². The van der Waals surface area contributed by atoms with Gasteiger partial charge in [0, 0.05) is 6.42 Å². The van der Waals surface area contributed by atoms with Gasteiger partial charge in [0.15, 0.2) is 8.32 Å². The molecule has 0 aromatic carbocycles. The highest BCUT2D eigenvalue weighted by molar-refractivity contribution is 6.83. The van der Waals surface area contributed by atoms with Crippen molar-refractivity contribution in [3.05, 3.63) is 0 Å². The maximum absolute atomic E-state index is 10.4. The summed E-state index contributed by atoms with van der Waals surface area (Å²) in [6.45, 7) is 18.1. The van der Waals surface area contributed by atoms with E-state index in [1.807, 2.05) is 0 Å². The summed E-state index contributed by atoms with van der Waals surface area (Å²) in [6, 6.07) is 0. The van der Waals surface area contributed by atoms with Crippen molar-refractivity contribution in [3.63, 3.8) is 0 Å². The Labute approximate surface area is 134 Å². The van der Waals surface area contributed by atoms with Crippen LogP contribution >= 0.6 is 0 Å². The lowest BCUT2D eigenvalue weighted by Gasteiger charge is -2.38. The van der Waals surface area contributed by atoms with Gasteiger partial charge in [-0.25, -0.2) is 0 Å². The van der Waals surface area contributed by atoms with Crippen LogP contribution in [0.4, 0.5) is 0 Å². The zero-order valence-electron chi connectivity index (χ0n) is 15.3. The number of aldehydes is 1. The lowest BCUT2D eigenvalue weighted by molar-refractivity contribution is -0.107. The largest absolute Gasteiger partial charge is 0.403 e. The standard InChI is InChI=1S/C17H34O2Si2/c1-17(2,3)21(7,8)19-16(12-10-9-11-14-18)13-15-20(4,5)6/h14,16H,9-12H2,1-8H3/t16-/m0/s1. The first-order valence-electron chi connectivity index (χ1n) is 8.03. The first-order chi connectivity index (χ1) is 9.39. The van der Waals surface area contributed by atoms with Gasteiger partial charge in [-0.05, 0) is 37.4 Å². The minimum Gasteiger partial charge on any atom is -0.403 e. The summed E-state index contributed by atoms with van der Waals surface area (Å²) in [4.78, 5) is 10.4. The molecule has 1 atom stereocenters. The molecular weight excluding hydrogens is 292 g/mol. The molecule has 4 heteroatoms. The summed E-state index contributed by atoms with van der Waals surface area (Å²) >= 11 is 0. The maximum Gasteiger partial charge on any atom is 0.193 e. The van der Waals surface area contributed by atoms with Gasteiger partial charge in [0.2, 0.25) is 0 Å². The van der Waals surface area contributed by atoms with E-state index in [2.05, 4.69) is 65.0 Å². The van der Waals surface area contributed by atoms with Gasteiger partial charge in [0.1, 0.15) is 20.5 Å². The average molecular weight is 327 g/mol. The van der Waals surface area contributed by atoms with Crippen LogP contribution in [0.5, 0.6) is 0 Å². The summed E-state index contributed by atoms with van der Waals surface area (Å²) in [7, 11) is -3.17.